The van der Waals surface area contributed by atoms with Crippen LogP contribution in [0.25, 0.3) is 0 Å². The van der Waals surface area contributed by atoms with Gasteiger partial charge in [-0.3, -0.25) is 0 Å². The SMILES string of the molecule is CC(C)CCC(C)(O)C(C)CO. The van der Waals surface area contributed by atoms with Gasteiger partial charge in [-0.15, -0.1) is 0 Å². The fraction of sp³-hybridized carbons (Fsp3) is 1.00. The molecule has 0 saturated heterocycles. The van der Waals surface area contributed by atoms with Crippen LogP contribution < -0.4 is 0 Å². The lowest BCUT2D eigenvalue weighted by Crippen LogP contribution is -2.35. The van der Waals surface area contributed by atoms with Crippen molar-refractivity contribution in [2.75, 3.05) is 6.61 Å². The summed E-state index contributed by atoms with van der Waals surface area (Å²) in [4.78, 5) is 0. The molecule has 0 aromatic carbocycles. The molecule has 2 N–H and O–H groups in total. The zero-order chi connectivity index (χ0) is 9.78. The van der Waals surface area contributed by atoms with Gasteiger partial charge in [0.1, 0.15) is 0 Å². The Kier molecular flexibility index (Phi) is 4.80. The van der Waals surface area contributed by atoms with Crippen molar-refractivity contribution in [3.05, 3.63) is 0 Å². The monoisotopic (exact) mass is 174 g/mol. The Morgan fingerprint density at radius 2 is 1.75 bits per heavy atom. The Labute approximate surface area is 75.6 Å². The fourth-order valence-electron chi connectivity index (χ4n) is 1.02. The van der Waals surface area contributed by atoms with E-state index in [0.29, 0.717) is 5.92 Å². The molecule has 0 rings (SSSR count). The zero-order valence-corrected chi connectivity index (χ0v) is 8.67. The summed E-state index contributed by atoms with van der Waals surface area (Å²) in [6.45, 7) is 8.01. The van der Waals surface area contributed by atoms with Crippen LogP contribution >= 0.6 is 0 Å². The average molecular weight is 174 g/mol. The van der Waals surface area contributed by atoms with Crippen molar-refractivity contribution in [2.45, 2.75) is 46.1 Å². The molecule has 2 nitrogen and oxygen atoms in total. The van der Waals surface area contributed by atoms with E-state index in [-0.39, 0.29) is 12.5 Å². The predicted octanol–water partition coefficient (Wildman–Crippen LogP) is 1.80. The average Bonchev–Trinajstić information content (AvgIpc) is 1.99. The molecular weight excluding hydrogens is 152 g/mol. The van der Waals surface area contributed by atoms with Gasteiger partial charge in [0.2, 0.25) is 0 Å². The van der Waals surface area contributed by atoms with E-state index in [0.717, 1.165) is 12.8 Å². The molecule has 0 fully saturated rings. The molecule has 0 radical (unpaired) electrons. The van der Waals surface area contributed by atoms with Crippen molar-refractivity contribution in [1.29, 1.82) is 0 Å². The lowest BCUT2D eigenvalue weighted by Gasteiger charge is -2.29. The quantitative estimate of drug-likeness (QED) is 0.667. The lowest BCUT2D eigenvalue weighted by molar-refractivity contribution is -0.0265. The Bertz CT molecular complexity index is 119. The Morgan fingerprint density at radius 3 is 2.08 bits per heavy atom. The van der Waals surface area contributed by atoms with E-state index < -0.39 is 5.60 Å². The van der Waals surface area contributed by atoms with E-state index in [2.05, 4.69) is 13.8 Å². The molecule has 0 aliphatic rings. The molecule has 0 aliphatic heterocycles. The predicted molar refractivity (Wildman–Crippen MR) is 50.9 cm³/mol. The number of hydrogen-bond acceptors (Lipinski definition) is 2. The molecular formula is C10H22O2. The fourth-order valence-corrected chi connectivity index (χ4v) is 1.02. The van der Waals surface area contributed by atoms with Gasteiger partial charge in [0.05, 0.1) is 5.60 Å². The first-order chi connectivity index (χ1) is 5.40. The normalized spacial score (nSPS) is 19.2. The van der Waals surface area contributed by atoms with Crippen LogP contribution in [-0.4, -0.2) is 22.4 Å². The van der Waals surface area contributed by atoms with Crippen LogP contribution in [0.1, 0.15) is 40.5 Å². The van der Waals surface area contributed by atoms with Gasteiger partial charge in [-0.05, 0) is 25.7 Å². The maximum atomic E-state index is 9.87. The number of aliphatic hydroxyl groups excluding tert-OH is 1. The Morgan fingerprint density at radius 1 is 1.25 bits per heavy atom. The molecule has 0 spiro atoms. The van der Waals surface area contributed by atoms with Gasteiger partial charge >= 0.3 is 0 Å². The largest absolute Gasteiger partial charge is 0.396 e. The maximum absolute atomic E-state index is 9.87. The molecule has 0 heterocycles. The van der Waals surface area contributed by atoms with Gasteiger partial charge in [0.15, 0.2) is 0 Å². The van der Waals surface area contributed by atoms with Crippen LogP contribution in [0.15, 0.2) is 0 Å². The minimum absolute atomic E-state index is 0.0313. The highest BCUT2D eigenvalue weighted by molar-refractivity contribution is 4.78. The molecule has 2 unspecified atom stereocenters. The first-order valence-corrected chi connectivity index (χ1v) is 4.73. The van der Waals surface area contributed by atoms with Crippen LogP contribution in [0.5, 0.6) is 0 Å². The maximum Gasteiger partial charge on any atom is 0.0667 e. The van der Waals surface area contributed by atoms with Crippen molar-refractivity contribution < 1.29 is 10.2 Å². The highest BCUT2D eigenvalue weighted by atomic mass is 16.3. The summed E-state index contributed by atoms with van der Waals surface area (Å²) >= 11 is 0. The molecule has 74 valence electrons. The Hall–Kier alpha value is -0.0800. The summed E-state index contributed by atoms with van der Waals surface area (Å²) in [5.74, 6) is 0.582. The molecule has 0 aromatic rings. The molecule has 2 atom stereocenters. The van der Waals surface area contributed by atoms with Crippen LogP contribution in [0, 0.1) is 11.8 Å². The van der Waals surface area contributed by atoms with Crippen molar-refractivity contribution in [3.63, 3.8) is 0 Å². The van der Waals surface area contributed by atoms with Crippen LogP contribution in [0.3, 0.4) is 0 Å². The topological polar surface area (TPSA) is 40.5 Å². The summed E-state index contributed by atoms with van der Waals surface area (Å²) < 4.78 is 0. The number of hydrogen-bond donors (Lipinski definition) is 2. The third-order valence-electron chi connectivity index (χ3n) is 2.56. The molecule has 2 heteroatoms. The third-order valence-corrected chi connectivity index (χ3v) is 2.56. The van der Waals surface area contributed by atoms with Crippen LogP contribution in [0.2, 0.25) is 0 Å². The number of rotatable bonds is 5. The summed E-state index contributed by atoms with van der Waals surface area (Å²) in [5.41, 5.74) is -0.709. The van der Waals surface area contributed by atoms with E-state index in [1.54, 1.807) is 6.92 Å². The third kappa shape index (κ3) is 4.07. The van der Waals surface area contributed by atoms with Crippen LogP contribution in [0.4, 0.5) is 0 Å². The van der Waals surface area contributed by atoms with Gasteiger partial charge < -0.3 is 10.2 Å². The van der Waals surface area contributed by atoms with Gasteiger partial charge in [-0.25, -0.2) is 0 Å². The van der Waals surface area contributed by atoms with E-state index in [1.165, 1.54) is 0 Å². The standard InChI is InChI=1S/C10H22O2/c1-8(2)5-6-10(4,12)9(3)7-11/h8-9,11-12H,5-7H2,1-4H3. The summed E-state index contributed by atoms with van der Waals surface area (Å²) in [5, 5.41) is 18.7. The highest BCUT2D eigenvalue weighted by Crippen LogP contribution is 2.23. The van der Waals surface area contributed by atoms with Crippen molar-refractivity contribution >= 4 is 0 Å². The van der Waals surface area contributed by atoms with Gasteiger partial charge in [0, 0.05) is 12.5 Å². The lowest BCUT2D eigenvalue weighted by atomic mass is 9.85. The van der Waals surface area contributed by atoms with Gasteiger partial charge in [-0.1, -0.05) is 20.8 Å². The molecule has 0 aromatic heterocycles. The molecule has 0 amide bonds. The van der Waals surface area contributed by atoms with Crippen molar-refractivity contribution in [1.82, 2.24) is 0 Å². The van der Waals surface area contributed by atoms with Crippen LogP contribution in [-0.2, 0) is 0 Å². The van der Waals surface area contributed by atoms with Crippen molar-refractivity contribution in [2.24, 2.45) is 11.8 Å². The van der Waals surface area contributed by atoms with Crippen molar-refractivity contribution in [3.8, 4) is 0 Å². The summed E-state index contributed by atoms with van der Waals surface area (Å²) in [6, 6.07) is 0. The summed E-state index contributed by atoms with van der Waals surface area (Å²) in [6.07, 6.45) is 1.78. The van der Waals surface area contributed by atoms with E-state index >= 15 is 0 Å². The smallest absolute Gasteiger partial charge is 0.0667 e. The number of aliphatic hydroxyl groups is 2. The second-order valence-corrected chi connectivity index (χ2v) is 4.37. The van der Waals surface area contributed by atoms with E-state index in [1.807, 2.05) is 6.92 Å². The molecule has 0 bridgehead atoms. The van der Waals surface area contributed by atoms with Gasteiger partial charge in [0.25, 0.3) is 0 Å². The van der Waals surface area contributed by atoms with Gasteiger partial charge in [-0.2, -0.15) is 0 Å². The Balaban J connectivity index is 3.86. The summed E-state index contributed by atoms with van der Waals surface area (Å²) in [7, 11) is 0. The minimum Gasteiger partial charge on any atom is -0.396 e. The molecule has 0 saturated carbocycles. The molecule has 12 heavy (non-hydrogen) atoms. The second-order valence-electron chi connectivity index (χ2n) is 4.37. The minimum atomic E-state index is -0.709. The van der Waals surface area contributed by atoms with E-state index in [9.17, 15) is 5.11 Å². The zero-order valence-electron chi connectivity index (χ0n) is 8.67. The first-order valence-electron chi connectivity index (χ1n) is 4.73. The highest BCUT2D eigenvalue weighted by Gasteiger charge is 2.27. The molecule has 0 aliphatic carbocycles. The first kappa shape index (κ1) is 11.9. The second kappa shape index (κ2) is 4.83. The van der Waals surface area contributed by atoms with E-state index in [4.69, 9.17) is 5.11 Å².